The van der Waals surface area contributed by atoms with Crippen molar-refractivity contribution in [2.24, 2.45) is 5.92 Å². The van der Waals surface area contributed by atoms with E-state index in [1.165, 1.54) is 17.8 Å². The number of ether oxygens (including phenoxy) is 1. The summed E-state index contributed by atoms with van der Waals surface area (Å²) in [7, 11) is 0. The molecule has 2 atom stereocenters. The quantitative estimate of drug-likeness (QED) is 0.243. The Morgan fingerprint density at radius 2 is 1.83 bits per heavy atom. The maximum absolute atomic E-state index is 14.9. The first kappa shape index (κ1) is 36.2. The van der Waals surface area contributed by atoms with E-state index in [-0.39, 0.29) is 64.6 Å². The van der Waals surface area contributed by atoms with Crippen molar-refractivity contribution < 1.29 is 28.3 Å². The third-order valence-electron chi connectivity index (χ3n) is 7.73. The number of ketones is 1. The van der Waals surface area contributed by atoms with Gasteiger partial charge >= 0.3 is 5.97 Å². The van der Waals surface area contributed by atoms with Gasteiger partial charge in [0.2, 0.25) is 5.91 Å². The number of piperazine rings is 1. The molecule has 0 bridgehead atoms. The number of amides is 1. The van der Waals surface area contributed by atoms with Crippen LogP contribution in [0.15, 0.2) is 35.9 Å². The van der Waals surface area contributed by atoms with Gasteiger partial charge in [0.15, 0.2) is 10.9 Å². The Kier molecular flexibility index (Phi) is 15.0. The standard InChI is InChI=1S/C30H40FN3O5S.2ClH/c1-3-39-28(37)9-6-14-32-17-18-33(27(36)20-32)15-12-23-19-34(16-13-26(23)40-21(2)35)29(30(38)22-10-11-22)24-7-4-5-8-25(24)31;;/h4-5,7-8,12,22,26,29H,3,6,9-11,13-20H2,1-2H3;2*1H. The van der Waals surface area contributed by atoms with Crippen LogP contribution in [0.1, 0.15) is 57.6 Å². The Bertz CT molecular complexity index is 1140. The highest BCUT2D eigenvalue weighted by atomic mass is 35.5. The summed E-state index contributed by atoms with van der Waals surface area (Å²) in [5.74, 6) is -0.521. The summed E-state index contributed by atoms with van der Waals surface area (Å²) in [6.45, 7) is 7.43. The SMILES string of the molecule is CCOC(=O)CCCN1CCN(CC=C2CN(C(C(=O)C3CC3)c3ccccc3F)CCC2SC(C)=O)C(=O)C1.Cl.Cl. The van der Waals surface area contributed by atoms with Crippen LogP contribution >= 0.6 is 36.6 Å². The average molecular weight is 647 g/mol. The molecule has 234 valence electrons. The third kappa shape index (κ3) is 10.0. The molecule has 3 fully saturated rings. The summed E-state index contributed by atoms with van der Waals surface area (Å²) in [5.41, 5.74) is 1.41. The lowest BCUT2D eigenvalue weighted by Gasteiger charge is -2.39. The normalized spacial score (nSPS) is 21.3. The molecule has 1 aromatic rings. The molecule has 2 saturated heterocycles. The maximum Gasteiger partial charge on any atom is 0.305 e. The number of thioether (sulfide) groups is 1. The molecule has 8 nitrogen and oxygen atoms in total. The Morgan fingerprint density at radius 1 is 1.10 bits per heavy atom. The summed E-state index contributed by atoms with van der Waals surface area (Å²) in [6, 6.07) is 5.85. The van der Waals surface area contributed by atoms with Gasteiger partial charge in [0.25, 0.3) is 0 Å². The first-order chi connectivity index (χ1) is 19.3. The van der Waals surface area contributed by atoms with Crippen LogP contribution in [0.3, 0.4) is 0 Å². The summed E-state index contributed by atoms with van der Waals surface area (Å²) in [5, 5.41) is -0.0121. The molecule has 12 heteroatoms. The fourth-order valence-electron chi connectivity index (χ4n) is 5.50. The van der Waals surface area contributed by atoms with Gasteiger partial charge in [-0.1, -0.05) is 36.0 Å². The molecule has 3 aliphatic rings. The second-order valence-electron chi connectivity index (χ2n) is 10.8. The van der Waals surface area contributed by atoms with Crippen molar-refractivity contribution in [1.29, 1.82) is 0 Å². The van der Waals surface area contributed by atoms with Gasteiger partial charge in [-0.15, -0.1) is 24.8 Å². The molecule has 1 aliphatic carbocycles. The zero-order valence-corrected chi connectivity index (χ0v) is 26.7. The van der Waals surface area contributed by atoms with Gasteiger partial charge in [-0.25, -0.2) is 4.39 Å². The number of piperidine rings is 1. The van der Waals surface area contributed by atoms with Crippen LogP contribution in [0.25, 0.3) is 0 Å². The Hall–Kier alpha value is -1.98. The highest BCUT2D eigenvalue weighted by Gasteiger charge is 2.41. The van der Waals surface area contributed by atoms with Crippen molar-refractivity contribution in [3.8, 4) is 0 Å². The number of halogens is 3. The monoisotopic (exact) mass is 645 g/mol. The molecule has 4 rings (SSSR count). The van der Waals surface area contributed by atoms with Crippen molar-refractivity contribution in [3.05, 3.63) is 47.3 Å². The van der Waals surface area contributed by atoms with Crippen LogP contribution < -0.4 is 0 Å². The van der Waals surface area contributed by atoms with Gasteiger partial charge < -0.3 is 9.64 Å². The second-order valence-corrected chi connectivity index (χ2v) is 12.1. The number of hydrogen-bond donors (Lipinski definition) is 0. The fraction of sp³-hybridized carbons (Fsp3) is 0.600. The van der Waals surface area contributed by atoms with Crippen LogP contribution in [0.2, 0.25) is 0 Å². The Morgan fingerprint density at radius 3 is 2.48 bits per heavy atom. The van der Waals surface area contributed by atoms with E-state index >= 15 is 0 Å². The molecule has 0 aromatic heterocycles. The molecule has 2 unspecified atom stereocenters. The van der Waals surface area contributed by atoms with Gasteiger partial charge in [0.05, 0.1) is 19.2 Å². The Labute approximate surface area is 264 Å². The van der Waals surface area contributed by atoms with Crippen LogP contribution in [0.5, 0.6) is 0 Å². The average Bonchev–Trinajstić information content (AvgIpc) is 3.76. The lowest BCUT2D eigenvalue weighted by Crippen LogP contribution is -2.50. The summed E-state index contributed by atoms with van der Waals surface area (Å²) >= 11 is 1.28. The molecule has 0 spiro atoms. The van der Waals surface area contributed by atoms with Gasteiger partial charge in [0, 0.05) is 62.8 Å². The predicted molar refractivity (Wildman–Crippen MR) is 167 cm³/mol. The van der Waals surface area contributed by atoms with E-state index < -0.39 is 6.04 Å². The highest BCUT2D eigenvalue weighted by Crippen LogP contribution is 2.40. The minimum Gasteiger partial charge on any atom is -0.466 e. The first-order valence-corrected chi connectivity index (χ1v) is 15.2. The van der Waals surface area contributed by atoms with E-state index in [9.17, 15) is 23.6 Å². The van der Waals surface area contributed by atoms with Crippen LogP contribution in [0, 0.1) is 11.7 Å². The predicted octanol–water partition coefficient (Wildman–Crippen LogP) is 4.46. The maximum atomic E-state index is 14.9. The fourth-order valence-corrected chi connectivity index (χ4v) is 6.45. The molecule has 42 heavy (non-hydrogen) atoms. The van der Waals surface area contributed by atoms with Crippen molar-refractivity contribution in [2.75, 3.05) is 52.4 Å². The molecule has 0 radical (unpaired) electrons. The van der Waals surface area contributed by atoms with Crippen LogP contribution in [0.4, 0.5) is 4.39 Å². The minimum absolute atomic E-state index is 0. The van der Waals surface area contributed by atoms with Crippen molar-refractivity contribution in [1.82, 2.24) is 14.7 Å². The number of hydrogen-bond acceptors (Lipinski definition) is 8. The molecular formula is C30H42Cl2FN3O5S. The zero-order valence-electron chi connectivity index (χ0n) is 24.3. The summed E-state index contributed by atoms with van der Waals surface area (Å²) < 4.78 is 19.9. The molecule has 0 N–H and O–H groups in total. The number of rotatable bonds is 12. The number of Topliss-reactive ketones (excluding diaryl/α,β-unsaturated/α-hetero) is 1. The number of carbonyl (C=O) groups excluding carboxylic acids is 4. The number of likely N-dealkylation sites (tertiary alicyclic amines) is 1. The van der Waals surface area contributed by atoms with Crippen LogP contribution in [-0.2, 0) is 23.9 Å². The van der Waals surface area contributed by atoms with Crippen LogP contribution in [-0.4, -0.2) is 95.1 Å². The largest absolute Gasteiger partial charge is 0.466 e. The minimum atomic E-state index is -0.653. The topological polar surface area (TPSA) is 87.2 Å². The molecular weight excluding hydrogens is 604 g/mol. The first-order valence-electron chi connectivity index (χ1n) is 14.3. The Balaban J connectivity index is 0.00000308. The van der Waals surface area contributed by atoms with Crippen molar-refractivity contribution in [2.45, 2.75) is 57.2 Å². The van der Waals surface area contributed by atoms with Crippen molar-refractivity contribution in [3.63, 3.8) is 0 Å². The lowest BCUT2D eigenvalue weighted by atomic mass is 9.93. The van der Waals surface area contributed by atoms with Gasteiger partial charge in [-0.3, -0.25) is 29.0 Å². The third-order valence-corrected chi connectivity index (χ3v) is 8.89. The lowest BCUT2D eigenvalue weighted by molar-refractivity contribution is -0.143. The smallest absolute Gasteiger partial charge is 0.305 e. The molecule has 2 heterocycles. The number of nitrogens with zero attached hydrogens (tertiary/aromatic N) is 3. The van der Waals surface area contributed by atoms with Gasteiger partial charge in [-0.05, 0) is 50.8 Å². The van der Waals surface area contributed by atoms with E-state index in [1.54, 1.807) is 32.0 Å². The van der Waals surface area contributed by atoms with E-state index in [0.717, 1.165) is 25.0 Å². The highest BCUT2D eigenvalue weighted by molar-refractivity contribution is 8.14. The molecule has 1 saturated carbocycles. The van der Waals surface area contributed by atoms with E-state index in [1.807, 2.05) is 15.9 Å². The molecule has 2 aliphatic heterocycles. The number of esters is 1. The summed E-state index contributed by atoms with van der Waals surface area (Å²) in [6.07, 6.45) is 5.39. The second kappa shape index (κ2) is 17.3. The van der Waals surface area contributed by atoms with E-state index in [4.69, 9.17) is 4.74 Å². The van der Waals surface area contributed by atoms with Gasteiger partial charge in [0.1, 0.15) is 5.82 Å². The van der Waals surface area contributed by atoms with Crippen molar-refractivity contribution >= 4 is 59.4 Å². The molecule has 1 amide bonds. The molecule has 1 aromatic carbocycles. The van der Waals surface area contributed by atoms with Gasteiger partial charge in [-0.2, -0.15) is 0 Å². The van der Waals surface area contributed by atoms with E-state index in [0.29, 0.717) is 70.7 Å². The summed E-state index contributed by atoms with van der Waals surface area (Å²) in [4.78, 5) is 55.8. The number of carbonyl (C=O) groups is 4. The van der Waals surface area contributed by atoms with E-state index in [2.05, 4.69) is 4.90 Å². The number of benzene rings is 1. The zero-order chi connectivity index (χ0) is 28.6.